The predicted molar refractivity (Wildman–Crippen MR) is 85.5 cm³/mol. The zero-order chi connectivity index (χ0) is 14.3. The van der Waals surface area contributed by atoms with Gasteiger partial charge in [-0.3, -0.25) is 4.90 Å². The van der Waals surface area contributed by atoms with Crippen LogP contribution in [0.4, 0.5) is 0 Å². The van der Waals surface area contributed by atoms with Gasteiger partial charge in [0.05, 0.1) is 12.2 Å². The molecule has 0 aromatic heterocycles. The minimum Gasteiger partial charge on any atom is -0.374 e. The molecule has 4 aliphatic rings. The van der Waals surface area contributed by atoms with E-state index in [0.29, 0.717) is 17.7 Å². The Bertz CT molecular complexity index is 362. The molecule has 4 rings (SSSR count). The fourth-order valence-corrected chi connectivity index (χ4v) is 5.00. The van der Waals surface area contributed by atoms with E-state index in [0.717, 1.165) is 12.0 Å². The highest BCUT2D eigenvalue weighted by molar-refractivity contribution is 5.03. The van der Waals surface area contributed by atoms with Gasteiger partial charge in [-0.05, 0) is 51.4 Å². The van der Waals surface area contributed by atoms with E-state index in [2.05, 4.69) is 17.1 Å². The maximum absolute atomic E-state index is 6.13. The van der Waals surface area contributed by atoms with Gasteiger partial charge in [-0.1, -0.05) is 19.3 Å². The van der Waals surface area contributed by atoms with Crippen LogP contribution in [0.25, 0.3) is 0 Å². The summed E-state index contributed by atoms with van der Waals surface area (Å²) in [7, 11) is 0. The maximum Gasteiger partial charge on any atom is 0.0706 e. The van der Waals surface area contributed by atoms with Gasteiger partial charge in [0, 0.05) is 31.2 Å². The third-order valence-corrected chi connectivity index (χ3v) is 6.40. The van der Waals surface area contributed by atoms with Gasteiger partial charge in [-0.2, -0.15) is 0 Å². The lowest BCUT2D eigenvalue weighted by Crippen LogP contribution is -2.66. The molecule has 3 nitrogen and oxygen atoms in total. The van der Waals surface area contributed by atoms with Crippen LogP contribution in [0.2, 0.25) is 0 Å². The minimum absolute atomic E-state index is 0.438. The molecule has 1 N–H and O–H groups in total. The second kappa shape index (κ2) is 5.82. The van der Waals surface area contributed by atoms with Crippen LogP contribution in [-0.4, -0.2) is 48.3 Å². The molecule has 2 saturated carbocycles. The fourth-order valence-electron chi connectivity index (χ4n) is 5.00. The molecule has 2 aliphatic heterocycles. The van der Waals surface area contributed by atoms with E-state index >= 15 is 0 Å². The highest BCUT2D eigenvalue weighted by Gasteiger charge is 2.45. The normalized spacial score (nSPS) is 40.7. The third-order valence-electron chi connectivity index (χ3n) is 6.40. The predicted octanol–water partition coefficient (Wildman–Crippen LogP) is 2.94. The second-order valence-electron chi connectivity index (χ2n) is 8.20. The van der Waals surface area contributed by atoms with Crippen LogP contribution >= 0.6 is 0 Å². The Morgan fingerprint density at radius 2 is 1.90 bits per heavy atom. The van der Waals surface area contributed by atoms with Crippen molar-refractivity contribution < 1.29 is 4.74 Å². The first-order valence-corrected chi connectivity index (χ1v) is 9.39. The van der Waals surface area contributed by atoms with Gasteiger partial charge in [0.15, 0.2) is 0 Å². The van der Waals surface area contributed by atoms with Crippen LogP contribution in [0, 0.1) is 5.92 Å². The summed E-state index contributed by atoms with van der Waals surface area (Å²) in [5.74, 6) is 0.970. The zero-order valence-electron chi connectivity index (χ0n) is 13.7. The van der Waals surface area contributed by atoms with Crippen LogP contribution in [0.3, 0.4) is 0 Å². The fraction of sp³-hybridized carbons (Fsp3) is 1.00. The summed E-state index contributed by atoms with van der Waals surface area (Å²) in [5.41, 5.74) is 0.438. The SMILES string of the molecule is CC1CCC(CN2CC3(CCCCC3)NCC2C2CC2)O1. The summed E-state index contributed by atoms with van der Waals surface area (Å²) in [5, 5.41) is 3.99. The molecule has 120 valence electrons. The van der Waals surface area contributed by atoms with E-state index in [1.807, 2.05) is 0 Å². The van der Waals surface area contributed by atoms with Gasteiger partial charge in [-0.25, -0.2) is 0 Å². The van der Waals surface area contributed by atoms with Crippen molar-refractivity contribution in [1.82, 2.24) is 10.2 Å². The first kappa shape index (κ1) is 14.5. The van der Waals surface area contributed by atoms with Crippen LogP contribution in [0.1, 0.15) is 64.7 Å². The number of hydrogen-bond acceptors (Lipinski definition) is 3. The van der Waals surface area contributed by atoms with Gasteiger partial charge < -0.3 is 10.1 Å². The quantitative estimate of drug-likeness (QED) is 0.865. The summed E-state index contributed by atoms with van der Waals surface area (Å²) < 4.78 is 6.13. The Morgan fingerprint density at radius 1 is 1.10 bits per heavy atom. The molecule has 21 heavy (non-hydrogen) atoms. The average Bonchev–Trinajstić information content (AvgIpc) is 3.23. The minimum atomic E-state index is 0.438. The lowest BCUT2D eigenvalue weighted by atomic mass is 9.79. The first-order chi connectivity index (χ1) is 10.2. The summed E-state index contributed by atoms with van der Waals surface area (Å²) in [6.45, 7) is 5.93. The standard InChI is InChI=1S/C18H32N2O/c1-14-5-8-16(21-14)12-20-13-18(9-3-2-4-10-18)19-11-17(20)15-6-7-15/h14-17,19H,2-13H2,1H3. The van der Waals surface area contributed by atoms with E-state index in [4.69, 9.17) is 4.74 Å². The van der Waals surface area contributed by atoms with Gasteiger partial charge in [0.2, 0.25) is 0 Å². The van der Waals surface area contributed by atoms with E-state index in [1.54, 1.807) is 0 Å². The third kappa shape index (κ3) is 3.16. The molecule has 0 aromatic rings. The largest absolute Gasteiger partial charge is 0.374 e. The number of hydrogen-bond donors (Lipinski definition) is 1. The van der Waals surface area contributed by atoms with Crippen LogP contribution in [-0.2, 0) is 4.74 Å². The van der Waals surface area contributed by atoms with Crippen molar-refractivity contribution in [2.24, 2.45) is 5.92 Å². The first-order valence-electron chi connectivity index (χ1n) is 9.39. The Balaban J connectivity index is 1.43. The molecule has 2 aliphatic carbocycles. The Labute approximate surface area is 129 Å². The number of nitrogens with one attached hydrogen (secondary N) is 1. The average molecular weight is 292 g/mol. The van der Waals surface area contributed by atoms with Crippen molar-refractivity contribution in [3.05, 3.63) is 0 Å². The zero-order valence-corrected chi connectivity index (χ0v) is 13.7. The van der Waals surface area contributed by atoms with Gasteiger partial charge in [0.1, 0.15) is 0 Å². The summed E-state index contributed by atoms with van der Waals surface area (Å²) in [6.07, 6.45) is 13.5. The number of ether oxygens (including phenoxy) is 1. The van der Waals surface area contributed by atoms with Gasteiger partial charge >= 0.3 is 0 Å². The van der Waals surface area contributed by atoms with Gasteiger partial charge in [0.25, 0.3) is 0 Å². The number of piperazine rings is 1. The Hall–Kier alpha value is -0.120. The lowest BCUT2D eigenvalue weighted by Gasteiger charge is -2.50. The number of nitrogens with zero attached hydrogens (tertiary/aromatic N) is 1. The van der Waals surface area contributed by atoms with Crippen molar-refractivity contribution in [3.8, 4) is 0 Å². The molecule has 3 heteroatoms. The highest BCUT2D eigenvalue weighted by atomic mass is 16.5. The van der Waals surface area contributed by atoms with Crippen molar-refractivity contribution in [2.75, 3.05) is 19.6 Å². The molecule has 2 saturated heterocycles. The molecule has 0 aromatic carbocycles. The molecular formula is C18H32N2O. The Morgan fingerprint density at radius 3 is 2.57 bits per heavy atom. The topological polar surface area (TPSA) is 24.5 Å². The van der Waals surface area contributed by atoms with Crippen LogP contribution < -0.4 is 5.32 Å². The molecular weight excluding hydrogens is 260 g/mol. The second-order valence-corrected chi connectivity index (χ2v) is 8.20. The molecule has 3 unspecified atom stereocenters. The monoisotopic (exact) mass is 292 g/mol. The lowest BCUT2D eigenvalue weighted by molar-refractivity contribution is -0.0128. The molecule has 0 bridgehead atoms. The Kier molecular flexibility index (Phi) is 4.01. The van der Waals surface area contributed by atoms with Crippen molar-refractivity contribution in [3.63, 3.8) is 0 Å². The van der Waals surface area contributed by atoms with Crippen molar-refractivity contribution in [1.29, 1.82) is 0 Å². The van der Waals surface area contributed by atoms with Crippen LogP contribution in [0.15, 0.2) is 0 Å². The van der Waals surface area contributed by atoms with Crippen molar-refractivity contribution in [2.45, 2.75) is 88.5 Å². The van der Waals surface area contributed by atoms with Crippen LogP contribution in [0.5, 0.6) is 0 Å². The molecule has 0 amide bonds. The van der Waals surface area contributed by atoms with E-state index in [1.165, 1.54) is 77.4 Å². The van der Waals surface area contributed by atoms with E-state index in [-0.39, 0.29) is 0 Å². The summed E-state index contributed by atoms with van der Waals surface area (Å²) in [6, 6.07) is 0.789. The van der Waals surface area contributed by atoms with Crippen molar-refractivity contribution >= 4 is 0 Å². The smallest absolute Gasteiger partial charge is 0.0706 e. The maximum atomic E-state index is 6.13. The van der Waals surface area contributed by atoms with Gasteiger partial charge in [-0.15, -0.1) is 0 Å². The molecule has 0 radical (unpaired) electrons. The summed E-state index contributed by atoms with van der Waals surface area (Å²) in [4.78, 5) is 2.84. The van der Waals surface area contributed by atoms with E-state index in [9.17, 15) is 0 Å². The van der Waals surface area contributed by atoms with E-state index < -0.39 is 0 Å². The molecule has 4 fully saturated rings. The molecule has 3 atom stereocenters. The highest BCUT2D eigenvalue weighted by Crippen LogP contribution is 2.40. The molecule has 1 spiro atoms. The summed E-state index contributed by atoms with van der Waals surface area (Å²) >= 11 is 0. The number of rotatable bonds is 3. The molecule has 2 heterocycles.